The largest absolute Gasteiger partial charge is 0.324 e. The molecule has 0 aliphatic heterocycles. The first kappa shape index (κ1) is 10.0. The zero-order valence-electron chi connectivity index (χ0n) is 7.37. The van der Waals surface area contributed by atoms with Gasteiger partial charge in [-0.15, -0.1) is 0 Å². The first-order chi connectivity index (χ1) is 6.03. The van der Waals surface area contributed by atoms with Crippen molar-refractivity contribution in [3.8, 4) is 0 Å². The van der Waals surface area contributed by atoms with Crippen LogP contribution < -0.4 is 5.73 Å². The molecule has 6 heteroatoms. The van der Waals surface area contributed by atoms with E-state index >= 15 is 0 Å². The maximum atomic E-state index is 12.5. The van der Waals surface area contributed by atoms with Gasteiger partial charge < -0.3 is 5.73 Å². The van der Waals surface area contributed by atoms with E-state index in [4.69, 9.17) is 5.73 Å². The smallest absolute Gasteiger partial charge is 0.247 e. The van der Waals surface area contributed by atoms with Crippen molar-refractivity contribution in [1.82, 2.24) is 14.8 Å². The molecule has 1 aromatic heterocycles. The number of hydrogen-bond acceptors (Lipinski definition) is 3. The Morgan fingerprint density at radius 2 is 2.31 bits per heavy atom. The third-order valence-electron chi connectivity index (χ3n) is 1.64. The van der Waals surface area contributed by atoms with E-state index in [1.54, 1.807) is 0 Å². The second-order valence-electron chi connectivity index (χ2n) is 2.92. The van der Waals surface area contributed by atoms with Crippen molar-refractivity contribution in [3.05, 3.63) is 12.2 Å². The average Bonchev–Trinajstić information content (AvgIpc) is 2.46. The lowest BCUT2D eigenvalue weighted by atomic mass is 10.3. The third-order valence-corrected chi connectivity index (χ3v) is 1.64. The zero-order valence-corrected chi connectivity index (χ0v) is 7.37. The van der Waals surface area contributed by atoms with Crippen molar-refractivity contribution < 1.29 is 8.78 Å². The molecule has 0 bridgehead atoms. The number of hydrogen-bond donors (Lipinski definition) is 1. The molecule has 0 saturated carbocycles. The van der Waals surface area contributed by atoms with E-state index in [0.29, 0.717) is 5.82 Å². The van der Waals surface area contributed by atoms with Crippen molar-refractivity contribution in [1.29, 1.82) is 0 Å². The molecular weight excluding hydrogens is 178 g/mol. The molecule has 13 heavy (non-hydrogen) atoms. The highest BCUT2D eigenvalue weighted by Crippen LogP contribution is 2.17. The van der Waals surface area contributed by atoms with Crippen LogP contribution in [0.5, 0.6) is 0 Å². The van der Waals surface area contributed by atoms with Crippen LogP contribution in [0, 0.1) is 0 Å². The van der Waals surface area contributed by atoms with Gasteiger partial charge in [0, 0.05) is 13.0 Å². The number of aromatic nitrogens is 3. The summed E-state index contributed by atoms with van der Waals surface area (Å²) in [6, 6.07) is 0. The van der Waals surface area contributed by atoms with Crippen LogP contribution in [0.15, 0.2) is 6.33 Å². The average molecular weight is 190 g/mol. The zero-order chi connectivity index (χ0) is 9.90. The van der Waals surface area contributed by atoms with Crippen molar-refractivity contribution in [2.75, 3.05) is 0 Å². The van der Waals surface area contributed by atoms with Gasteiger partial charge in [0.2, 0.25) is 5.92 Å². The Hall–Kier alpha value is -1.04. The van der Waals surface area contributed by atoms with Gasteiger partial charge in [0.15, 0.2) is 0 Å². The van der Waals surface area contributed by atoms with Gasteiger partial charge in [0.25, 0.3) is 0 Å². The summed E-state index contributed by atoms with van der Waals surface area (Å²) < 4.78 is 26.3. The summed E-state index contributed by atoms with van der Waals surface area (Å²) in [6.45, 7) is 1.25. The summed E-state index contributed by atoms with van der Waals surface area (Å²) in [6.07, 6.45) is 1.07. The topological polar surface area (TPSA) is 56.7 Å². The predicted octanol–water partition coefficient (Wildman–Crippen LogP) is 0.782. The van der Waals surface area contributed by atoms with Crippen LogP contribution in [-0.2, 0) is 13.1 Å². The molecule has 1 aromatic rings. The van der Waals surface area contributed by atoms with Crippen molar-refractivity contribution in [2.45, 2.75) is 32.4 Å². The van der Waals surface area contributed by atoms with Crippen molar-refractivity contribution >= 4 is 0 Å². The number of alkyl halides is 2. The number of halogens is 2. The maximum Gasteiger partial charge on any atom is 0.247 e. The molecule has 0 atom stereocenters. The summed E-state index contributed by atoms with van der Waals surface area (Å²) in [7, 11) is 0. The molecule has 1 heterocycles. The number of nitrogens with zero attached hydrogens (tertiary/aromatic N) is 3. The lowest BCUT2D eigenvalue weighted by Gasteiger charge is -2.10. The number of aryl methyl sites for hydroxylation is 1. The molecular formula is C7H12F2N4. The minimum atomic E-state index is -2.67. The fraction of sp³-hybridized carbons (Fsp3) is 0.714. The van der Waals surface area contributed by atoms with Gasteiger partial charge in [0.05, 0.1) is 6.54 Å². The summed E-state index contributed by atoms with van der Waals surface area (Å²) in [5.41, 5.74) is 5.32. The third kappa shape index (κ3) is 3.06. The summed E-state index contributed by atoms with van der Waals surface area (Å²) >= 11 is 0. The summed E-state index contributed by atoms with van der Waals surface area (Å²) in [4.78, 5) is 3.82. The van der Waals surface area contributed by atoms with Crippen LogP contribution >= 0.6 is 0 Å². The highest BCUT2D eigenvalue weighted by Gasteiger charge is 2.21. The molecule has 0 spiro atoms. The predicted molar refractivity (Wildman–Crippen MR) is 43.2 cm³/mol. The van der Waals surface area contributed by atoms with Crippen molar-refractivity contribution in [2.24, 2.45) is 5.73 Å². The van der Waals surface area contributed by atoms with Crippen LogP contribution in [0.4, 0.5) is 8.78 Å². The van der Waals surface area contributed by atoms with Crippen LogP contribution in [0.1, 0.15) is 19.2 Å². The van der Waals surface area contributed by atoms with Gasteiger partial charge in [-0.1, -0.05) is 0 Å². The Bertz CT molecular complexity index is 266. The van der Waals surface area contributed by atoms with Crippen molar-refractivity contribution in [3.63, 3.8) is 0 Å². The van der Waals surface area contributed by atoms with E-state index in [1.807, 2.05) is 0 Å². The van der Waals surface area contributed by atoms with E-state index in [2.05, 4.69) is 10.1 Å². The highest BCUT2D eigenvalue weighted by atomic mass is 19.3. The summed E-state index contributed by atoms with van der Waals surface area (Å²) in [5.74, 6) is -2.14. The Morgan fingerprint density at radius 3 is 2.85 bits per heavy atom. The summed E-state index contributed by atoms with van der Waals surface area (Å²) in [5, 5.41) is 3.78. The monoisotopic (exact) mass is 190 g/mol. The van der Waals surface area contributed by atoms with E-state index in [1.165, 1.54) is 11.0 Å². The molecule has 1 rings (SSSR count). The first-order valence-corrected chi connectivity index (χ1v) is 3.97. The molecule has 0 aliphatic carbocycles. The highest BCUT2D eigenvalue weighted by molar-refractivity contribution is 4.82. The van der Waals surface area contributed by atoms with Gasteiger partial charge in [-0.25, -0.2) is 18.4 Å². The number of rotatable bonds is 4. The van der Waals surface area contributed by atoms with Crippen LogP contribution in [-0.4, -0.2) is 20.7 Å². The molecule has 0 aliphatic rings. The van der Waals surface area contributed by atoms with Gasteiger partial charge in [-0.2, -0.15) is 5.10 Å². The van der Waals surface area contributed by atoms with E-state index in [9.17, 15) is 8.78 Å². The minimum absolute atomic E-state index is 0.149. The Kier molecular flexibility index (Phi) is 2.92. The molecule has 0 unspecified atom stereocenters. The standard InChI is InChI=1S/C7H12F2N4/c1-7(8,9)2-3-13-6(4-10)11-5-12-13/h5H,2-4,10H2,1H3. The fourth-order valence-electron chi connectivity index (χ4n) is 0.935. The van der Waals surface area contributed by atoms with E-state index < -0.39 is 5.92 Å². The Morgan fingerprint density at radius 1 is 1.62 bits per heavy atom. The van der Waals surface area contributed by atoms with Gasteiger partial charge in [-0.05, 0) is 6.92 Å². The molecule has 0 amide bonds. The molecule has 0 saturated heterocycles. The normalized spacial score (nSPS) is 12.0. The second kappa shape index (κ2) is 3.78. The lowest BCUT2D eigenvalue weighted by molar-refractivity contribution is 0.00756. The van der Waals surface area contributed by atoms with Crippen LogP contribution in [0.2, 0.25) is 0 Å². The molecule has 2 N–H and O–H groups in total. The van der Waals surface area contributed by atoms with E-state index in [-0.39, 0.29) is 19.5 Å². The molecule has 0 fully saturated rings. The van der Waals surface area contributed by atoms with Gasteiger partial charge in [-0.3, -0.25) is 0 Å². The first-order valence-electron chi connectivity index (χ1n) is 3.97. The minimum Gasteiger partial charge on any atom is -0.324 e. The van der Waals surface area contributed by atoms with Crippen LogP contribution in [0.25, 0.3) is 0 Å². The lowest BCUT2D eigenvalue weighted by Crippen LogP contribution is -2.17. The molecule has 0 aromatic carbocycles. The SMILES string of the molecule is CC(F)(F)CCn1ncnc1CN. The molecule has 0 radical (unpaired) electrons. The maximum absolute atomic E-state index is 12.5. The Labute approximate surface area is 74.8 Å². The van der Waals surface area contributed by atoms with Gasteiger partial charge in [0.1, 0.15) is 12.2 Å². The molecule has 74 valence electrons. The van der Waals surface area contributed by atoms with Gasteiger partial charge >= 0.3 is 0 Å². The Balaban J connectivity index is 2.54. The fourth-order valence-corrected chi connectivity index (χ4v) is 0.935. The molecule has 4 nitrogen and oxygen atoms in total. The van der Waals surface area contributed by atoms with E-state index in [0.717, 1.165) is 6.92 Å². The number of nitrogens with two attached hydrogens (primary N) is 1. The van der Waals surface area contributed by atoms with Crippen LogP contribution in [0.3, 0.4) is 0 Å². The quantitative estimate of drug-likeness (QED) is 0.763. The second-order valence-corrected chi connectivity index (χ2v) is 2.92.